The van der Waals surface area contributed by atoms with E-state index in [0.717, 1.165) is 12.8 Å². The Morgan fingerprint density at radius 2 is 2.10 bits per heavy atom. The number of amides is 1. The fourth-order valence-electron chi connectivity index (χ4n) is 4.21. The van der Waals surface area contributed by atoms with Gasteiger partial charge in [-0.2, -0.15) is 9.67 Å². The van der Waals surface area contributed by atoms with Crippen LogP contribution >= 0.6 is 0 Å². The maximum Gasteiger partial charge on any atom is 0.225 e. The van der Waals surface area contributed by atoms with Crippen molar-refractivity contribution in [1.29, 1.82) is 0 Å². The second-order valence-electron chi connectivity index (χ2n) is 7.89. The lowest BCUT2D eigenvalue weighted by Crippen LogP contribution is -2.36. The van der Waals surface area contributed by atoms with Gasteiger partial charge >= 0.3 is 0 Å². The second kappa shape index (κ2) is 8.06. The summed E-state index contributed by atoms with van der Waals surface area (Å²) in [6.45, 7) is 2.48. The zero-order valence-corrected chi connectivity index (χ0v) is 16.9. The molecule has 1 aromatic carbocycles. The zero-order valence-electron chi connectivity index (χ0n) is 16.9. The number of ether oxygens (including phenoxy) is 1. The number of fused-ring (bicyclic) bond motifs is 1. The van der Waals surface area contributed by atoms with Gasteiger partial charge in [0.25, 0.3) is 0 Å². The number of hydrogen-bond donors (Lipinski definition) is 2. The van der Waals surface area contributed by atoms with E-state index >= 15 is 0 Å². The summed E-state index contributed by atoms with van der Waals surface area (Å²) in [6.07, 6.45) is 3.81. The van der Waals surface area contributed by atoms with Gasteiger partial charge < -0.3 is 20.7 Å². The van der Waals surface area contributed by atoms with E-state index < -0.39 is 0 Å². The van der Waals surface area contributed by atoms with Crippen LogP contribution in [-0.4, -0.2) is 63.2 Å². The number of hydrogen-bond acceptors (Lipinski definition) is 8. The van der Waals surface area contributed by atoms with Crippen molar-refractivity contribution in [2.45, 2.75) is 25.3 Å². The van der Waals surface area contributed by atoms with E-state index in [1.165, 1.54) is 10.7 Å². The molecule has 0 bridgehead atoms. The van der Waals surface area contributed by atoms with E-state index in [2.05, 4.69) is 25.6 Å². The van der Waals surface area contributed by atoms with Gasteiger partial charge in [0.2, 0.25) is 11.9 Å². The quantitative estimate of drug-likeness (QED) is 0.625. The highest BCUT2D eigenvalue weighted by molar-refractivity contribution is 5.77. The highest BCUT2D eigenvalue weighted by Gasteiger charge is 2.29. The summed E-state index contributed by atoms with van der Waals surface area (Å²) in [6, 6.07) is 5.05. The van der Waals surface area contributed by atoms with Crippen LogP contribution in [0.4, 0.5) is 16.0 Å². The predicted octanol–water partition coefficient (Wildman–Crippen LogP) is 1.25. The molecule has 2 unspecified atom stereocenters. The average molecular weight is 426 g/mol. The first-order valence-corrected chi connectivity index (χ1v) is 10.4. The summed E-state index contributed by atoms with van der Waals surface area (Å²) >= 11 is 0. The molecule has 11 heteroatoms. The normalized spacial score (nSPS) is 21.5. The molecule has 5 rings (SSSR count). The number of morpholine rings is 1. The van der Waals surface area contributed by atoms with Crippen molar-refractivity contribution >= 4 is 28.7 Å². The fourth-order valence-corrected chi connectivity index (χ4v) is 4.21. The van der Waals surface area contributed by atoms with Crippen molar-refractivity contribution in [3.05, 3.63) is 30.2 Å². The number of nitrogens with two attached hydrogens (primary N) is 1. The molecule has 3 N–H and O–H groups in total. The summed E-state index contributed by atoms with van der Waals surface area (Å²) in [5, 5.41) is 11.5. The van der Waals surface area contributed by atoms with Gasteiger partial charge in [-0.3, -0.25) is 4.79 Å². The first kappa shape index (κ1) is 19.6. The molecule has 2 aliphatic rings. The topological polar surface area (TPSA) is 124 Å². The smallest absolute Gasteiger partial charge is 0.225 e. The number of halogens is 1. The molecule has 1 saturated carbocycles. The number of carbonyl (C=O) groups is 1. The standard InChI is InChI=1S/C20H23FN8O2/c21-15-10-14(3-4-17(15)28-5-7-31-8-6-28)29-19-16(26-27-29)11-23-20(25-19)24-13-2-1-12(9-13)18(22)30/h3-4,10-13H,1-2,5-9H2,(H2,22,30)(H,23,24,25). The van der Waals surface area contributed by atoms with E-state index in [9.17, 15) is 9.18 Å². The maximum absolute atomic E-state index is 14.9. The number of nitrogens with one attached hydrogen (secondary N) is 1. The van der Waals surface area contributed by atoms with Crippen LogP contribution in [0.1, 0.15) is 19.3 Å². The molecule has 1 aliphatic heterocycles. The summed E-state index contributed by atoms with van der Waals surface area (Å²) in [7, 11) is 0. The molecular weight excluding hydrogens is 403 g/mol. The summed E-state index contributed by atoms with van der Waals surface area (Å²) in [5.74, 6) is -0.317. The van der Waals surface area contributed by atoms with E-state index in [4.69, 9.17) is 10.5 Å². The average Bonchev–Trinajstić information content (AvgIpc) is 3.41. The highest BCUT2D eigenvalue weighted by Crippen LogP contribution is 2.28. The van der Waals surface area contributed by atoms with Gasteiger partial charge in [-0.15, -0.1) is 5.10 Å². The number of nitrogens with zero attached hydrogens (tertiary/aromatic N) is 6. The fraction of sp³-hybridized carbons (Fsp3) is 0.450. The lowest BCUT2D eigenvalue weighted by atomic mass is 10.1. The number of rotatable bonds is 5. The van der Waals surface area contributed by atoms with Crippen molar-refractivity contribution in [2.24, 2.45) is 11.7 Å². The Hall–Kier alpha value is -3.34. The SMILES string of the molecule is NC(=O)C1CCC(Nc2ncc3nnn(-c4ccc(N5CCOCC5)c(F)c4)c3n2)C1. The summed E-state index contributed by atoms with van der Waals surface area (Å²) in [5.41, 5.74) is 7.45. The van der Waals surface area contributed by atoms with E-state index in [1.54, 1.807) is 18.3 Å². The number of aromatic nitrogens is 5. The Morgan fingerprint density at radius 1 is 1.26 bits per heavy atom. The van der Waals surface area contributed by atoms with Gasteiger partial charge in [-0.05, 0) is 31.4 Å². The minimum atomic E-state index is -0.334. The molecule has 3 heterocycles. The Kier molecular flexibility index (Phi) is 5.10. The Morgan fingerprint density at radius 3 is 2.84 bits per heavy atom. The minimum Gasteiger partial charge on any atom is -0.378 e. The first-order chi connectivity index (χ1) is 15.1. The molecular formula is C20H23FN8O2. The van der Waals surface area contributed by atoms with Crippen LogP contribution in [0.25, 0.3) is 16.9 Å². The van der Waals surface area contributed by atoms with Crippen molar-refractivity contribution in [2.75, 3.05) is 36.5 Å². The van der Waals surface area contributed by atoms with Crippen molar-refractivity contribution in [1.82, 2.24) is 25.0 Å². The third-order valence-electron chi connectivity index (χ3n) is 5.89. The second-order valence-corrected chi connectivity index (χ2v) is 7.89. The maximum atomic E-state index is 14.9. The van der Waals surface area contributed by atoms with Crippen LogP contribution in [-0.2, 0) is 9.53 Å². The predicted molar refractivity (Wildman–Crippen MR) is 111 cm³/mol. The van der Waals surface area contributed by atoms with Crippen LogP contribution in [0.15, 0.2) is 24.4 Å². The molecule has 2 atom stereocenters. The number of primary amides is 1. The van der Waals surface area contributed by atoms with E-state index in [1.807, 2.05) is 4.90 Å². The molecule has 10 nitrogen and oxygen atoms in total. The molecule has 0 spiro atoms. The molecule has 1 aliphatic carbocycles. The van der Waals surface area contributed by atoms with Gasteiger partial charge in [0.1, 0.15) is 5.82 Å². The van der Waals surface area contributed by atoms with Crippen molar-refractivity contribution in [3.8, 4) is 5.69 Å². The Bertz CT molecular complexity index is 1110. The minimum absolute atomic E-state index is 0.0736. The molecule has 31 heavy (non-hydrogen) atoms. The molecule has 3 aromatic rings. The van der Waals surface area contributed by atoms with Crippen LogP contribution in [0.3, 0.4) is 0 Å². The third kappa shape index (κ3) is 3.88. The zero-order chi connectivity index (χ0) is 21.4. The molecule has 2 aromatic heterocycles. The highest BCUT2D eigenvalue weighted by atomic mass is 19.1. The lowest BCUT2D eigenvalue weighted by Gasteiger charge is -2.29. The molecule has 2 fully saturated rings. The van der Waals surface area contributed by atoms with E-state index in [-0.39, 0.29) is 23.7 Å². The number of benzene rings is 1. The number of anilines is 2. The molecule has 0 radical (unpaired) electrons. The van der Waals surface area contributed by atoms with Crippen LogP contribution < -0.4 is 16.0 Å². The van der Waals surface area contributed by atoms with E-state index in [0.29, 0.717) is 61.2 Å². The van der Waals surface area contributed by atoms with Gasteiger partial charge in [-0.1, -0.05) is 5.21 Å². The van der Waals surface area contributed by atoms with Gasteiger partial charge in [0.05, 0.1) is 30.8 Å². The third-order valence-corrected chi connectivity index (χ3v) is 5.89. The molecule has 1 amide bonds. The number of carbonyl (C=O) groups excluding carboxylic acids is 1. The van der Waals surface area contributed by atoms with Gasteiger partial charge in [0, 0.05) is 31.1 Å². The molecule has 162 valence electrons. The summed E-state index contributed by atoms with van der Waals surface area (Å²) in [4.78, 5) is 22.2. The van der Waals surface area contributed by atoms with Gasteiger partial charge in [-0.25, -0.2) is 9.37 Å². The van der Waals surface area contributed by atoms with Gasteiger partial charge in [0.15, 0.2) is 11.2 Å². The largest absolute Gasteiger partial charge is 0.378 e. The first-order valence-electron chi connectivity index (χ1n) is 10.4. The monoisotopic (exact) mass is 426 g/mol. The summed E-state index contributed by atoms with van der Waals surface area (Å²) < 4.78 is 21.7. The van der Waals surface area contributed by atoms with Crippen LogP contribution in [0.2, 0.25) is 0 Å². The Labute approximate surface area is 177 Å². The van der Waals surface area contributed by atoms with Crippen molar-refractivity contribution in [3.63, 3.8) is 0 Å². The Balaban J connectivity index is 1.39. The molecule has 1 saturated heterocycles. The van der Waals surface area contributed by atoms with Crippen LogP contribution in [0, 0.1) is 11.7 Å². The lowest BCUT2D eigenvalue weighted by molar-refractivity contribution is -0.121. The van der Waals surface area contributed by atoms with Crippen molar-refractivity contribution < 1.29 is 13.9 Å². The van der Waals surface area contributed by atoms with Crippen LogP contribution in [0.5, 0.6) is 0 Å².